The van der Waals surface area contributed by atoms with Crippen molar-refractivity contribution in [2.45, 2.75) is 6.54 Å². The van der Waals surface area contributed by atoms with Gasteiger partial charge in [-0.1, -0.05) is 18.2 Å². The number of hydrogen-bond acceptors (Lipinski definition) is 6. The van der Waals surface area contributed by atoms with Crippen LogP contribution < -0.4 is 10.9 Å². The number of hydrogen-bond donors (Lipinski definition) is 2. The maximum atomic E-state index is 12.0. The third kappa shape index (κ3) is 5.91. The molecule has 0 bridgehead atoms. The highest BCUT2D eigenvalue weighted by Crippen LogP contribution is 2.12. The molecule has 138 valence electrons. The van der Waals surface area contributed by atoms with Crippen LogP contribution in [0.2, 0.25) is 0 Å². The van der Waals surface area contributed by atoms with Gasteiger partial charge in [0.25, 0.3) is 17.5 Å². The Morgan fingerprint density at radius 3 is 2.63 bits per heavy atom. The van der Waals surface area contributed by atoms with E-state index in [1.165, 1.54) is 18.2 Å². The van der Waals surface area contributed by atoms with Crippen LogP contribution in [0.15, 0.2) is 48.5 Å². The number of benzene rings is 2. The van der Waals surface area contributed by atoms with Crippen LogP contribution in [0.3, 0.4) is 0 Å². The second-order valence-electron chi connectivity index (χ2n) is 5.79. The highest BCUT2D eigenvalue weighted by atomic mass is 16.6. The van der Waals surface area contributed by atoms with E-state index in [2.05, 4.69) is 16.9 Å². The predicted molar refractivity (Wildman–Crippen MR) is 96.2 cm³/mol. The molecule has 0 saturated heterocycles. The van der Waals surface area contributed by atoms with Gasteiger partial charge in [0, 0.05) is 24.2 Å². The Bertz CT molecular complexity index is 907. The molecule has 0 heterocycles. The summed E-state index contributed by atoms with van der Waals surface area (Å²) in [5, 5.41) is 19.6. The molecule has 0 atom stereocenters. The fourth-order valence-corrected chi connectivity index (χ4v) is 2.35. The van der Waals surface area contributed by atoms with E-state index in [-0.39, 0.29) is 17.8 Å². The molecule has 0 aliphatic heterocycles. The fraction of sp³-hybridized carbons (Fsp3) is 0.167. The summed E-state index contributed by atoms with van der Waals surface area (Å²) in [6, 6.07) is 14.3. The number of carbonyl (C=O) groups excluding carboxylic acids is 2. The number of nitrogens with zero attached hydrogens (tertiary/aromatic N) is 3. The molecule has 0 radical (unpaired) electrons. The SMILES string of the molecule is CN(CC(=O)NNC(=O)c1cccc([N+](=O)[O-])c1)Cc1cccc(C#N)c1. The van der Waals surface area contributed by atoms with Gasteiger partial charge in [0.15, 0.2) is 0 Å². The summed E-state index contributed by atoms with van der Waals surface area (Å²) in [4.78, 5) is 35.8. The summed E-state index contributed by atoms with van der Waals surface area (Å²) in [5.41, 5.74) is 5.75. The first-order valence-corrected chi connectivity index (χ1v) is 7.90. The normalized spacial score (nSPS) is 10.1. The van der Waals surface area contributed by atoms with Crippen LogP contribution >= 0.6 is 0 Å². The van der Waals surface area contributed by atoms with Crippen molar-refractivity contribution < 1.29 is 14.5 Å². The highest BCUT2D eigenvalue weighted by molar-refractivity contribution is 5.96. The number of amides is 2. The molecule has 0 fully saturated rings. The molecular formula is C18H17N5O4. The van der Waals surface area contributed by atoms with Gasteiger partial charge in [0.05, 0.1) is 23.1 Å². The Balaban J connectivity index is 1.84. The molecule has 0 saturated carbocycles. The monoisotopic (exact) mass is 367 g/mol. The number of non-ortho nitro benzene ring substituents is 1. The molecule has 0 aromatic heterocycles. The number of nitro groups is 1. The molecule has 2 aromatic rings. The van der Waals surface area contributed by atoms with Crippen LogP contribution in [-0.4, -0.2) is 35.2 Å². The zero-order valence-electron chi connectivity index (χ0n) is 14.5. The zero-order valence-corrected chi connectivity index (χ0v) is 14.5. The Hall–Kier alpha value is -3.77. The zero-order chi connectivity index (χ0) is 19.8. The van der Waals surface area contributed by atoms with Crippen molar-refractivity contribution in [3.8, 4) is 6.07 Å². The lowest BCUT2D eigenvalue weighted by molar-refractivity contribution is -0.384. The molecule has 9 heteroatoms. The maximum Gasteiger partial charge on any atom is 0.270 e. The Morgan fingerprint density at radius 1 is 1.19 bits per heavy atom. The van der Waals surface area contributed by atoms with E-state index in [4.69, 9.17) is 5.26 Å². The molecular weight excluding hydrogens is 350 g/mol. The third-order valence-electron chi connectivity index (χ3n) is 3.56. The Labute approximate surface area is 155 Å². The third-order valence-corrected chi connectivity index (χ3v) is 3.56. The van der Waals surface area contributed by atoms with E-state index in [0.717, 1.165) is 11.6 Å². The van der Waals surface area contributed by atoms with Crippen molar-refractivity contribution >= 4 is 17.5 Å². The van der Waals surface area contributed by atoms with Gasteiger partial charge in [-0.2, -0.15) is 5.26 Å². The second kappa shape index (κ2) is 9.07. The standard InChI is InChI=1S/C18H17N5O4/c1-22(11-14-5-2-4-13(8-14)10-19)12-17(24)20-21-18(25)15-6-3-7-16(9-15)23(26)27/h2-9H,11-12H2,1H3,(H,20,24)(H,21,25). The van der Waals surface area contributed by atoms with Crippen molar-refractivity contribution in [1.82, 2.24) is 15.8 Å². The number of carbonyl (C=O) groups is 2. The average molecular weight is 367 g/mol. The van der Waals surface area contributed by atoms with Crippen molar-refractivity contribution in [2.24, 2.45) is 0 Å². The molecule has 0 aliphatic rings. The fourth-order valence-electron chi connectivity index (χ4n) is 2.35. The topological polar surface area (TPSA) is 128 Å². The van der Waals surface area contributed by atoms with Crippen LogP contribution in [0, 0.1) is 21.4 Å². The lowest BCUT2D eigenvalue weighted by Gasteiger charge is -2.16. The molecule has 2 rings (SSSR count). The number of nitriles is 1. The number of nitrogens with one attached hydrogen (secondary N) is 2. The first-order valence-electron chi connectivity index (χ1n) is 7.90. The first-order chi connectivity index (χ1) is 12.9. The molecule has 9 nitrogen and oxygen atoms in total. The molecule has 2 amide bonds. The Kier molecular flexibility index (Phi) is 6.57. The predicted octanol–water partition coefficient (Wildman–Crippen LogP) is 1.36. The quantitative estimate of drug-likeness (QED) is 0.586. The summed E-state index contributed by atoms with van der Waals surface area (Å²) in [6.07, 6.45) is 0. The largest absolute Gasteiger partial charge is 0.293 e. The summed E-state index contributed by atoms with van der Waals surface area (Å²) in [7, 11) is 1.72. The van der Waals surface area contributed by atoms with Gasteiger partial charge in [-0.3, -0.25) is 35.5 Å². The number of rotatable bonds is 6. The van der Waals surface area contributed by atoms with Gasteiger partial charge in [0.2, 0.25) is 0 Å². The Morgan fingerprint density at radius 2 is 1.93 bits per heavy atom. The van der Waals surface area contributed by atoms with Crippen molar-refractivity contribution in [3.05, 3.63) is 75.3 Å². The van der Waals surface area contributed by atoms with Crippen LogP contribution in [0.5, 0.6) is 0 Å². The minimum Gasteiger partial charge on any atom is -0.293 e. The van der Waals surface area contributed by atoms with Crippen molar-refractivity contribution in [1.29, 1.82) is 5.26 Å². The van der Waals surface area contributed by atoms with Crippen molar-refractivity contribution in [3.63, 3.8) is 0 Å². The van der Waals surface area contributed by atoms with Gasteiger partial charge in [-0.25, -0.2) is 0 Å². The van der Waals surface area contributed by atoms with Gasteiger partial charge in [-0.15, -0.1) is 0 Å². The van der Waals surface area contributed by atoms with Gasteiger partial charge >= 0.3 is 0 Å². The first kappa shape index (κ1) is 19.6. The van der Waals surface area contributed by atoms with Gasteiger partial charge in [-0.05, 0) is 30.8 Å². The molecule has 27 heavy (non-hydrogen) atoms. The lowest BCUT2D eigenvalue weighted by atomic mass is 10.1. The van der Waals surface area contributed by atoms with E-state index in [1.807, 2.05) is 6.07 Å². The molecule has 2 N–H and O–H groups in total. The average Bonchev–Trinajstić information content (AvgIpc) is 2.66. The smallest absolute Gasteiger partial charge is 0.270 e. The molecule has 0 spiro atoms. The molecule has 0 unspecified atom stereocenters. The van der Waals surface area contributed by atoms with Crippen LogP contribution in [0.25, 0.3) is 0 Å². The lowest BCUT2D eigenvalue weighted by Crippen LogP contribution is -2.45. The van der Waals surface area contributed by atoms with Gasteiger partial charge in [0.1, 0.15) is 0 Å². The summed E-state index contributed by atoms with van der Waals surface area (Å²) in [5.74, 6) is -1.11. The number of nitro benzene ring substituents is 1. The van der Waals surface area contributed by atoms with E-state index in [1.54, 1.807) is 30.1 Å². The second-order valence-corrected chi connectivity index (χ2v) is 5.79. The van der Waals surface area contributed by atoms with Gasteiger partial charge < -0.3 is 0 Å². The minimum absolute atomic E-state index is 0.00595. The van der Waals surface area contributed by atoms with E-state index >= 15 is 0 Å². The molecule has 2 aromatic carbocycles. The number of likely N-dealkylation sites (N-methyl/N-ethyl adjacent to an activating group) is 1. The summed E-state index contributed by atoms with van der Waals surface area (Å²) in [6.45, 7) is 0.452. The maximum absolute atomic E-state index is 12.0. The van der Waals surface area contributed by atoms with E-state index < -0.39 is 16.7 Å². The minimum atomic E-state index is -0.656. The molecule has 0 aliphatic carbocycles. The number of hydrazine groups is 1. The van der Waals surface area contributed by atoms with Crippen molar-refractivity contribution in [2.75, 3.05) is 13.6 Å². The highest BCUT2D eigenvalue weighted by Gasteiger charge is 2.13. The summed E-state index contributed by atoms with van der Waals surface area (Å²) < 4.78 is 0. The summed E-state index contributed by atoms with van der Waals surface area (Å²) >= 11 is 0. The van der Waals surface area contributed by atoms with E-state index in [0.29, 0.717) is 12.1 Å². The van der Waals surface area contributed by atoms with E-state index in [9.17, 15) is 19.7 Å². The van der Waals surface area contributed by atoms with Crippen LogP contribution in [0.1, 0.15) is 21.5 Å². The van der Waals surface area contributed by atoms with Crippen LogP contribution in [0.4, 0.5) is 5.69 Å². The van der Waals surface area contributed by atoms with Crippen LogP contribution in [-0.2, 0) is 11.3 Å².